The van der Waals surface area contributed by atoms with Gasteiger partial charge in [0.1, 0.15) is 0 Å². The Bertz CT molecular complexity index is 364. The molecule has 0 amide bonds. The maximum absolute atomic E-state index is 11.4. The second-order valence-electron chi connectivity index (χ2n) is 4.68. The van der Waals surface area contributed by atoms with Gasteiger partial charge in [-0.3, -0.25) is 4.79 Å². The Labute approximate surface area is 104 Å². The van der Waals surface area contributed by atoms with Crippen LogP contribution in [0.2, 0.25) is 0 Å². The summed E-state index contributed by atoms with van der Waals surface area (Å²) in [6.07, 6.45) is 8.82. The van der Waals surface area contributed by atoms with Crippen LogP contribution >= 0.6 is 0 Å². The fourth-order valence-electron chi connectivity index (χ4n) is 1.17. The zero-order valence-corrected chi connectivity index (χ0v) is 11.2. The summed E-state index contributed by atoms with van der Waals surface area (Å²) in [7, 11) is 0. The van der Waals surface area contributed by atoms with E-state index in [-0.39, 0.29) is 5.78 Å². The SMILES string of the molecule is C=C[C@](C)(O)C/C=C/C(C)=C/C(=O)C=C(C)C. The topological polar surface area (TPSA) is 37.3 Å². The molecule has 0 unspecified atom stereocenters. The van der Waals surface area contributed by atoms with Gasteiger partial charge in [-0.25, -0.2) is 0 Å². The van der Waals surface area contributed by atoms with E-state index in [0.717, 1.165) is 11.1 Å². The molecular weight excluding hydrogens is 212 g/mol. The molecule has 1 atom stereocenters. The molecule has 0 radical (unpaired) electrons. The van der Waals surface area contributed by atoms with E-state index in [1.807, 2.05) is 32.9 Å². The highest BCUT2D eigenvalue weighted by molar-refractivity contribution is 6.00. The maximum atomic E-state index is 11.4. The molecule has 0 aromatic carbocycles. The van der Waals surface area contributed by atoms with Crippen LogP contribution in [0, 0.1) is 0 Å². The Morgan fingerprint density at radius 2 is 1.88 bits per heavy atom. The predicted molar refractivity (Wildman–Crippen MR) is 72.8 cm³/mol. The van der Waals surface area contributed by atoms with Gasteiger partial charge in [-0.1, -0.05) is 23.8 Å². The highest BCUT2D eigenvalue weighted by Crippen LogP contribution is 2.11. The van der Waals surface area contributed by atoms with E-state index in [0.29, 0.717) is 6.42 Å². The fraction of sp³-hybridized carbons (Fsp3) is 0.400. The summed E-state index contributed by atoms with van der Waals surface area (Å²) < 4.78 is 0. The number of carbonyl (C=O) groups excluding carboxylic acids is 1. The fourth-order valence-corrected chi connectivity index (χ4v) is 1.17. The highest BCUT2D eigenvalue weighted by atomic mass is 16.3. The van der Waals surface area contributed by atoms with E-state index < -0.39 is 5.60 Å². The Hall–Kier alpha value is -1.41. The Morgan fingerprint density at radius 1 is 1.29 bits per heavy atom. The van der Waals surface area contributed by atoms with Gasteiger partial charge in [0.15, 0.2) is 5.78 Å². The molecule has 94 valence electrons. The lowest BCUT2D eigenvalue weighted by Crippen LogP contribution is -2.18. The third-order valence-corrected chi connectivity index (χ3v) is 2.15. The van der Waals surface area contributed by atoms with Crippen molar-refractivity contribution in [3.8, 4) is 0 Å². The standard InChI is InChI=1S/C15H22O2/c1-6-15(5,17)9-7-8-13(4)11-14(16)10-12(2)3/h6-8,10-11,17H,1,9H2,2-5H3/b8-7+,13-11+/t15-/m0/s1. The van der Waals surface area contributed by atoms with Crippen molar-refractivity contribution in [3.05, 3.63) is 48.1 Å². The van der Waals surface area contributed by atoms with Crippen molar-refractivity contribution in [1.82, 2.24) is 0 Å². The summed E-state index contributed by atoms with van der Waals surface area (Å²) in [5.74, 6) is -0.0115. The molecule has 17 heavy (non-hydrogen) atoms. The van der Waals surface area contributed by atoms with Crippen LogP contribution in [0.25, 0.3) is 0 Å². The smallest absolute Gasteiger partial charge is 0.178 e. The molecule has 0 aliphatic heterocycles. The lowest BCUT2D eigenvalue weighted by atomic mass is 10.0. The van der Waals surface area contributed by atoms with Gasteiger partial charge in [-0.05, 0) is 51.8 Å². The first kappa shape index (κ1) is 15.6. The van der Waals surface area contributed by atoms with Crippen LogP contribution in [-0.2, 0) is 4.79 Å². The molecule has 0 aliphatic rings. The van der Waals surface area contributed by atoms with E-state index in [2.05, 4.69) is 6.58 Å². The number of hydrogen-bond acceptors (Lipinski definition) is 2. The van der Waals surface area contributed by atoms with Crippen LogP contribution in [0.4, 0.5) is 0 Å². The highest BCUT2D eigenvalue weighted by Gasteiger charge is 2.11. The maximum Gasteiger partial charge on any atom is 0.178 e. The molecular formula is C15H22O2. The van der Waals surface area contributed by atoms with Gasteiger partial charge < -0.3 is 5.11 Å². The van der Waals surface area contributed by atoms with E-state index in [1.165, 1.54) is 6.08 Å². The molecule has 0 fully saturated rings. The number of ketones is 1. The molecule has 0 saturated carbocycles. The number of hydrogen-bond donors (Lipinski definition) is 1. The Morgan fingerprint density at radius 3 is 2.35 bits per heavy atom. The molecule has 0 bridgehead atoms. The van der Waals surface area contributed by atoms with Crippen molar-refractivity contribution in [3.63, 3.8) is 0 Å². The van der Waals surface area contributed by atoms with E-state index >= 15 is 0 Å². The van der Waals surface area contributed by atoms with Gasteiger partial charge in [-0.2, -0.15) is 0 Å². The predicted octanol–water partition coefficient (Wildman–Crippen LogP) is 3.35. The minimum atomic E-state index is -0.888. The summed E-state index contributed by atoms with van der Waals surface area (Å²) in [6.45, 7) is 10.9. The zero-order chi connectivity index (χ0) is 13.5. The summed E-state index contributed by atoms with van der Waals surface area (Å²) >= 11 is 0. The molecule has 0 aromatic rings. The minimum absolute atomic E-state index is 0.0115. The summed E-state index contributed by atoms with van der Waals surface area (Å²) in [5.41, 5.74) is 0.964. The molecule has 0 rings (SSSR count). The minimum Gasteiger partial charge on any atom is -0.386 e. The largest absolute Gasteiger partial charge is 0.386 e. The number of carbonyl (C=O) groups is 1. The zero-order valence-electron chi connectivity index (χ0n) is 11.2. The Balaban J connectivity index is 4.45. The van der Waals surface area contributed by atoms with E-state index in [4.69, 9.17) is 0 Å². The van der Waals surface area contributed by atoms with Crippen LogP contribution in [-0.4, -0.2) is 16.5 Å². The van der Waals surface area contributed by atoms with Crippen LogP contribution < -0.4 is 0 Å². The first-order valence-corrected chi connectivity index (χ1v) is 5.66. The van der Waals surface area contributed by atoms with Crippen molar-refractivity contribution in [2.75, 3.05) is 0 Å². The van der Waals surface area contributed by atoms with Gasteiger partial charge in [0.2, 0.25) is 0 Å². The number of aliphatic hydroxyl groups is 1. The van der Waals surface area contributed by atoms with E-state index in [1.54, 1.807) is 19.1 Å². The summed E-state index contributed by atoms with van der Waals surface area (Å²) in [6, 6.07) is 0. The molecule has 0 aromatic heterocycles. The van der Waals surface area contributed by atoms with Crippen molar-refractivity contribution in [2.24, 2.45) is 0 Å². The number of rotatable bonds is 6. The molecule has 0 spiro atoms. The lowest BCUT2D eigenvalue weighted by Gasteiger charge is -2.14. The second kappa shape index (κ2) is 7.02. The van der Waals surface area contributed by atoms with Gasteiger partial charge >= 0.3 is 0 Å². The summed E-state index contributed by atoms with van der Waals surface area (Å²) in [4.78, 5) is 11.4. The van der Waals surface area contributed by atoms with Crippen LogP contribution in [0.3, 0.4) is 0 Å². The normalized spacial score (nSPS) is 15.5. The van der Waals surface area contributed by atoms with Crippen molar-refractivity contribution in [2.45, 2.75) is 39.7 Å². The average Bonchev–Trinajstić information content (AvgIpc) is 2.15. The quantitative estimate of drug-likeness (QED) is 0.435. The van der Waals surface area contributed by atoms with Crippen LogP contribution in [0.15, 0.2) is 48.1 Å². The summed E-state index contributed by atoms with van der Waals surface area (Å²) in [5, 5.41) is 9.67. The molecule has 0 heterocycles. The molecule has 2 heteroatoms. The average molecular weight is 234 g/mol. The van der Waals surface area contributed by atoms with Gasteiger partial charge in [0.05, 0.1) is 5.60 Å². The van der Waals surface area contributed by atoms with Gasteiger partial charge in [-0.15, -0.1) is 6.58 Å². The first-order valence-electron chi connectivity index (χ1n) is 5.66. The molecule has 1 N–H and O–H groups in total. The lowest BCUT2D eigenvalue weighted by molar-refractivity contribution is -0.110. The Kier molecular flexibility index (Phi) is 6.44. The van der Waals surface area contributed by atoms with Gasteiger partial charge in [0.25, 0.3) is 0 Å². The van der Waals surface area contributed by atoms with Crippen LogP contribution in [0.5, 0.6) is 0 Å². The monoisotopic (exact) mass is 234 g/mol. The van der Waals surface area contributed by atoms with Crippen molar-refractivity contribution < 1.29 is 9.90 Å². The third kappa shape index (κ3) is 8.40. The van der Waals surface area contributed by atoms with Crippen molar-refractivity contribution >= 4 is 5.78 Å². The molecule has 2 nitrogen and oxygen atoms in total. The van der Waals surface area contributed by atoms with Crippen LogP contribution in [0.1, 0.15) is 34.1 Å². The first-order chi connectivity index (χ1) is 7.76. The second-order valence-corrected chi connectivity index (χ2v) is 4.68. The third-order valence-electron chi connectivity index (χ3n) is 2.15. The molecule has 0 saturated heterocycles. The van der Waals surface area contributed by atoms with Crippen molar-refractivity contribution in [1.29, 1.82) is 0 Å². The number of allylic oxidation sites excluding steroid dienone is 5. The van der Waals surface area contributed by atoms with Gasteiger partial charge in [0, 0.05) is 0 Å². The molecule has 0 aliphatic carbocycles. The van der Waals surface area contributed by atoms with E-state index in [9.17, 15) is 9.90 Å².